The molecule has 1 heterocycles. The molecule has 0 saturated heterocycles. The first-order chi connectivity index (χ1) is 9.57. The molecule has 0 spiro atoms. The fourth-order valence-corrected chi connectivity index (χ4v) is 1.56. The Bertz CT molecular complexity index is 472. The summed E-state index contributed by atoms with van der Waals surface area (Å²) in [6.45, 7) is 3.66. The lowest BCUT2D eigenvalue weighted by Crippen LogP contribution is -2.44. The molecule has 8 heteroatoms. The Morgan fingerprint density at radius 3 is 2.52 bits per heavy atom. The Kier molecular flexibility index (Phi) is 5.98. The number of carbonyl (C=O) groups is 1. The number of furan rings is 1. The summed E-state index contributed by atoms with van der Waals surface area (Å²) in [4.78, 5) is 11.3. The monoisotopic (exact) mass is 324 g/mol. The van der Waals surface area contributed by atoms with Gasteiger partial charge in [-0.15, -0.1) is 0 Å². The largest absolute Gasteiger partial charge is 0.448 e. The molecule has 1 amide bonds. The van der Waals surface area contributed by atoms with E-state index in [2.05, 4.69) is 5.32 Å². The summed E-state index contributed by atoms with van der Waals surface area (Å²) in [7, 11) is 0. The Balaban J connectivity index is 2.28. The van der Waals surface area contributed by atoms with Crippen LogP contribution in [-0.4, -0.2) is 30.7 Å². The number of nitrogens with one attached hydrogen (secondary N) is 2. The molecule has 1 aromatic rings. The van der Waals surface area contributed by atoms with Gasteiger partial charge in [-0.05, 0) is 44.5 Å². The van der Waals surface area contributed by atoms with E-state index in [9.17, 15) is 13.6 Å². The molecule has 0 radical (unpaired) electrons. The zero-order valence-electron chi connectivity index (χ0n) is 12.1. The topological polar surface area (TPSA) is 63.5 Å². The van der Waals surface area contributed by atoms with Crippen LogP contribution < -0.4 is 10.6 Å². The van der Waals surface area contributed by atoms with Gasteiger partial charge in [0.05, 0.1) is 19.6 Å². The van der Waals surface area contributed by atoms with Crippen LogP contribution in [0.15, 0.2) is 16.5 Å². The number of alkyl carbamates (subject to hydrolysis) is 1. The fourth-order valence-electron chi connectivity index (χ4n) is 1.39. The van der Waals surface area contributed by atoms with Crippen molar-refractivity contribution in [2.45, 2.75) is 38.8 Å². The van der Waals surface area contributed by atoms with Crippen molar-refractivity contribution in [3.8, 4) is 0 Å². The molecule has 21 heavy (non-hydrogen) atoms. The molecule has 0 unspecified atom stereocenters. The molecule has 0 aromatic carbocycles. The van der Waals surface area contributed by atoms with Gasteiger partial charge in [0.1, 0.15) is 11.4 Å². The number of hydrogen-bond donors (Lipinski definition) is 2. The number of rotatable bonds is 6. The van der Waals surface area contributed by atoms with E-state index in [4.69, 9.17) is 20.8 Å². The van der Waals surface area contributed by atoms with Crippen LogP contribution in [0, 0.1) is 0 Å². The van der Waals surface area contributed by atoms with Crippen LogP contribution in [0.2, 0.25) is 5.22 Å². The highest BCUT2D eigenvalue weighted by Gasteiger charge is 2.30. The highest BCUT2D eigenvalue weighted by atomic mass is 35.5. The lowest BCUT2D eigenvalue weighted by molar-refractivity contribution is -0.00402. The second-order valence-corrected chi connectivity index (χ2v) is 5.89. The van der Waals surface area contributed by atoms with Gasteiger partial charge in [-0.3, -0.25) is 0 Å². The van der Waals surface area contributed by atoms with Crippen molar-refractivity contribution in [1.29, 1.82) is 0 Å². The third-order valence-corrected chi connectivity index (χ3v) is 2.41. The molecule has 1 rings (SSSR count). The van der Waals surface area contributed by atoms with E-state index in [1.807, 2.05) is 5.32 Å². The third kappa shape index (κ3) is 7.87. The van der Waals surface area contributed by atoms with E-state index in [1.165, 1.54) is 6.07 Å². The molecule has 5 nitrogen and oxygen atoms in total. The number of carbonyl (C=O) groups excluding carboxylic acids is 1. The molecule has 0 aliphatic carbocycles. The van der Waals surface area contributed by atoms with Crippen molar-refractivity contribution in [3.63, 3.8) is 0 Å². The lowest BCUT2D eigenvalue weighted by Gasteiger charge is -2.22. The molecule has 2 N–H and O–H groups in total. The Morgan fingerprint density at radius 2 is 2.00 bits per heavy atom. The molecule has 120 valence electrons. The lowest BCUT2D eigenvalue weighted by atomic mass is 10.2. The van der Waals surface area contributed by atoms with Crippen LogP contribution in [0.25, 0.3) is 0 Å². The van der Waals surface area contributed by atoms with Gasteiger partial charge in [-0.2, -0.15) is 0 Å². The van der Waals surface area contributed by atoms with Crippen LogP contribution in [0.1, 0.15) is 26.5 Å². The summed E-state index contributed by atoms with van der Waals surface area (Å²) < 4.78 is 37.0. The van der Waals surface area contributed by atoms with Crippen molar-refractivity contribution in [2.24, 2.45) is 0 Å². The second kappa shape index (κ2) is 7.09. The summed E-state index contributed by atoms with van der Waals surface area (Å²) in [5.74, 6) is -2.65. The minimum atomic E-state index is -3.10. The average molecular weight is 325 g/mol. The van der Waals surface area contributed by atoms with Gasteiger partial charge in [-0.25, -0.2) is 13.6 Å². The molecule has 0 bridgehead atoms. The molecule has 0 saturated carbocycles. The Morgan fingerprint density at radius 1 is 1.33 bits per heavy atom. The highest BCUT2D eigenvalue weighted by Crippen LogP contribution is 2.14. The van der Waals surface area contributed by atoms with Crippen LogP contribution in [-0.2, 0) is 11.3 Å². The van der Waals surface area contributed by atoms with E-state index in [-0.39, 0.29) is 11.8 Å². The van der Waals surface area contributed by atoms with E-state index < -0.39 is 30.7 Å². The second-order valence-electron chi connectivity index (χ2n) is 5.52. The van der Waals surface area contributed by atoms with Crippen molar-refractivity contribution in [2.75, 3.05) is 13.1 Å². The fraction of sp³-hybridized carbons (Fsp3) is 0.615. The van der Waals surface area contributed by atoms with Crippen molar-refractivity contribution >= 4 is 17.7 Å². The van der Waals surface area contributed by atoms with Gasteiger partial charge in [-0.1, -0.05) is 0 Å². The minimum Gasteiger partial charge on any atom is -0.448 e. The molecule has 0 atom stereocenters. The van der Waals surface area contributed by atoms with Crippen LogP contribution in [0.3, 0.4) is 0 Å². The highest BCUT2D eigenvalue weighted by molar-refractivity contribution is 6.28. The molecule has 0 aliphatic heterocycles. The first kappa shape index (κ1) is 17.7. The maximum atomic E-state index is 13.5. The first-order valence-corrected chi connectivity index (χ1v) is 6.75. The normalized spacial score (nSPS) is 12.3. The molecular formula is C13H19ClF2N2O3. The van der Waals surface area contributed by atoms with E-state index in [0.29, 0.717) is 5.76 Å². The van der Waals surface area contributed by atoms with E-state index >= 15 is 0 Å². The zero-order valence-corrected chi connectivity index (χ0v) is 12.9. The first-order valence-electron chi connectivity index (χ1n) is 6.37. The third-order valence-electron chi connectivity index (χ3n) is 2.20. The number of ether oxygens (including phenoxy) is 1. The van der Waals surface area contributed by atoms with E-state index in [1.54, 1.807) is 26.8 Å². The summed E-state index contributed by atoms with van der Waals surface area (Å²) in [6.07, 6.45) is -0.875. The maximum absolute atomic E-state index is 13.5. The van der Waals surface area contributed by atoms with Crippen molar-refractivity contribution < 1.29 is 22.7 Å². The molecular weight excluding hydrogens is 306 g/mol. The minimum absolute atomic E-state index is 0.120. The molecule has 1 aromatic heterocycles. The smallest absolute Gasteiger partial charge is 0.407 e. The van der Waals surface area contributed by atoms with E-state index in [0.717, 1.165) is 0 Å². The summed E-state index contributed by atoms with van der Waals surface area (Å²) in [5, 5.41) is 4.77. The number of alkyl halides is 2. The standard InChI is InChI=1S/C13H19ClF2N2O3/c1-12(2,3)21-11(19)18-8-13(15,16)7-17-6-9-4-5-10(14)20-9/h4-5,17H,6-8H2,1-3H3,(H,18,19). The summed E-state index contributed by atoms with van der Waals surface area (Å²) >= 11 is 5.56. The predicted octanol–water partition coefficient (Wildman–Crippen LogP) is 3.18. The van der Waals surface area contributed by atoms with Crippen LogP contribution in [0.4, 0.5) is 13.6 Å². The van der Waals surface area contributed by atoms with Gasteiger partial charge in [0.15, 0.2) is 5.22 Å². The van der Waals surface area contributed by atoms with Gasteiger partial charge in [0.25, 0.3) is 5.92 Å². The van der Waals surface area contributed by atoms with Crippen LogP contribution >= 0.6 is 11.6 Å². The van der Waals surface area contributed by atoms with Gasteiger partial charge < -0.3 is 19.8 Å². The predicted molar refractivity (Wildman–Crippen MR) is 74.6 cm³/mol. The quantitative estimate of drug-likeness (QED) is 0.843. The van der Waals surface area contributed by atoms with Gasteiger partial charge in [0, 0.05) is 0 Å². The van der Waals surface area contributed by atoms with Gasteiger partial charge in [0.2, 0.25) is 0 Å². The molecule has 0 fully saturated rings. The average Bonchev–Trinajstić information content (AvgIpc) is 2.70. The van der Waals surface area contributed by atoms with Crippen molar-refractivity contribution in [3.05, 3.63) is 23.1 Å². The Hall–Kier alpha value is -1.34. The maximum Gasteiger partial charge on any atom is 0.407 e. The van der Waals surface area contributed by atoms with Crippen LogP contribution in [0.5, 0.6) is 0 Å². The number of hydrogen-bond acceptors (Lipinski definition) is 4. The number of amides is 1. The molecule has 0 aliphatic rings. The Labute approximate surface area is 127 Å². The van der Waals surface area contributed by atoms with Gasteiger partial charge >= 0.3 is 6.09 Å². The number of halogens is 3. The summed E-state index contributed by atoms with van der Waals surface area (Å²) in [5.41, 5.74) is -0.726. The zero-order chi connectivity index (χ0) is 16.1. The SMILES string of the molecule is CC(C)(C)OC(=O)NCC(F)(F)CNCc1ccc(Cl)o1. The summed E-state index contributed by atoms with van der Waals surface area (Å²) in [6, 6.07) is 3.12. The van der Waals surface area contributed by atoms with Crippen molar-refractivity contribution in [1.82, 2.24) is 10.6 Å².